The van der Waals surface area contributed by atoms with E-state index in [1.165, 1.54) is 57.8 Å². The zero-order chi connectivity index (χ0) is 16.8. The first-order valence-corrected chi connectivity index (χ1v) is 9.20. The van der Waals surface area contributed by atoms with E-state index < -0.39 is 5.97 Å². The molecule has 0 saturated heterocycles. The summed E-state index contributed by atoms with van der Waals surface area (Å²) in [5.74, 6) is -0.452. The van der Waals surface area contributed by atoms with Crippen molar-refractivity contribution >= 4 is 5.97 Å². The molecule has 0 unspecified atom stereocenters. The van der Waals surface area contributed by atoms with Gasteiger partial charge in [-0.05, 0) is 18.6 Å². The van der Waals surface area contributed by atoms with Crippen LogP contribution in [-0.2, 0) is 0 Å². The first-order valence-electron chi connectivity index (χ1n) is 9.20. The lowest BCUT2D eigenvalue weighted by Gasteiger charge is -2.08. The molecule has 130 valence electrons. The standard InChI is InChI=1S/C20H32O3/c1-2-3-4-5-6-7-8-9-10-11-14-17-23-19-16-13-12-15-18(19)20(21)22/h12-13,15-16H,2-11,14,17H2,1H3,(H,21,22). The molecule has 0 aromatic heterocycles. The molecule has 1 N–H and O–H groups in total. The Kier molecular flexibility index (Phi) is 11.0. The molecule has 0 aliphatic carbocycles. The van der Waals surface area contributed by atoms with Crippen LogP contribution in [0.15, 0.2) is 24.3 Å². The minimum absolute atomic E-state index is 0.246. The number of aromatic carboxylic acids is 1. The highest BCUT2D eigenvalue weighted by Gasteiger charge is 2.09. The zero-order valence-corrected chi connectivity index (χ0v) is 14.6. The van der Waals surface area contributed by atoms with Gasteiger partial charge in [-0.15, -0.1) is 0 Å². The molecule has 1 aromatic rings. The maximum atomic E-state index is 11.1. The lowest BCUT2D eigenvalue weighted by Crippen LogP contribution is -2.04. The number of ether oxygens (including phenoxy) is 1. The number of unbranched alkanes of at least 4 members (excludes halogenated alkanes) is 10. The third-order valence-electron chi connectivity index (χ3n) is 4.12. The van der Waals surface area contributed by atoms with Gasteiger partial charge in [0, 0.05) is 0 Å². The maximum Gasteiger partial charge on any atom is 0.339 e. The number of hydrogen-bond acceptors (Lipinski definition) is 2. The van der Waals surface area contributed by atoms with Crippen LogP contribution in [0.4, 0.5) is 0 Å². The molecule has 0 bridgehead atoms. The largest absolute Gasteiger partial charge is 0.493 e. The van der Waals surface area contributed by atoms with Crippen LogP contribution in [0.3, 0.4) is 0 Å². The second-order valence-electron chi connectivity index (χ2n) is 6.19. The number of hydrogen-bond donors (Lipinski definition) is 1. The predicted octanol–water partition coefficient (Wildman–Crippen LogP) is 6.07. The number of rotatable bonds is 14. The topological polar surface area (TPSA) is 46.5 Å². The molecule has 23 heavy (non-hydrogen) atoms. The molecule has 0 fully saturated rings. The SMILES string of the molecule is CCCCCCCCCCCCCOc1ccccc1C(=O)O. The fourth-order valence-corrected chi connectivity index (χ4v) is 2.72. The average Bonchev–Trinajstić information content (AvgIpc) is 2.56. The van der Waals surface area contributed by atoms with Crippen LogP contribution in [0.25, 0.3) is 0 Å². The van der Waals surface area contributed by atoms with Gasteiger partial charge in [0.1, 0.15) is 11.3 Å². The van der Waals surface area contributed by atoms with Crippen molar-refractivity contribution in [1.82, 2.24) is 0 Å². The van der Waals surface area contributed by atoms with Gasteiger partial charge >= 0.3 is 5.97 Å². The first kappa shape index (κ1) is 19.5. The third-order valence-corrected chi connectivity index (χ3v) is 4.12. The Balaban J connectivity index is 1.97. The molecular weight excluding hydrogens is 288 g/mol. The maximum absolute atomic E-state index is 11.1. The highest BCUT2D eigenvalue weighted by Crippen LogP contribution is 2.18. The number of carboxylic acid groups (broad SMARTS) is 1. The molecule has 0 atom stereocenters. The Bertz CT molecular complexity index is 429. The Hall–Kier alpha value is -1.51. The minimum atomic E-state index is -0.931. The molecule has 3 nitrogen and oxygen atoms in total. The van der Waals surface area contributed by atoms with Gasteiger partial charge in [-0.25, -0.2) is 4.79 Å². The Morgan fingerprint density at radius 2 is 1.39 bits per heavy atom. The molecule has 0 aliphatic heterocycles. The number of carbonyl (C=O) groups is 1. The lowest BCUT2D eigenvalue weighted by atomic mass is 10.1. The minimum Gasteiger partial charge on any atom is -0.493 e. The average molecular weight is 320 g/mol. The molecule has 1 aromatic carbocycles. The molecule has 0 amide bonds. The monoisotopic (exact) mass is 320 g/mol. The van der Waals surface area contributed by atoms with Crippen LogP contribution in [0, 0.1) is 0 Å². The van der Waals surface area contributed by atoms with Gasteiger partial charge in [0.2, 0.25) is 0 Å². The highest BCUT2D eigenvalue weighted by atomic mass is 16.5. The first-order chi connectivity index (χ1) is 11.3. The molecule has 0 heterocycles. The van der Waals surface area contributed by atoms with Crippen molar-refractivity contribution in [1.29, 1.82) is 0 Å². The van der Waals surface area contributed by atoms with E-state index in [-0.39, 0.29) is 5.56 Å². The fourth-order valence-electron chi connectivity index (χ4n) is 2.72. The quantitative estimate of drug-likeness (QED) is 0.423. The number of benzene rings is 1. The zero-order valence-electron chi connectivity index (χ0n) is 14.6. The van der Waals surface area contributed by atoms with Crippen LogP contribution in [0.5, 0.6) is 5.75 Å². The second kappa shape index (κ2) is 13.0. The van der Waals surface area contributed by atoms with Crippen LogP contribution in [0.2, 0.25) is 0 Å². The lowest BCUT2D eigenvalue weighted by molar-refractivity contribution is 0.0692. The van der Waals surface area contributed by atoms with Crippen LogP contribution in [-0.4, -0.2) is 17.7 Å². The van der Waals surface area contributed by atoms with Crippen LogP contribution in [0.1, 0.15) is 87.9 Å². The molecular formula is C20H32O3. The van der Waals surface area contributed by atoms with Crippen molar-refractivity contribution in [2.45, 2.75) is 77.6 Å². The van der Waals surface area contributed by atoms with Crippen molar-refractivity contribution in [3.05, 3.63) is 29.8 Å². The van der Waals surface area contributed by atoms with E-state index >= 15 is 0 Å². The summed E-state index contributed by atoms with van der Waals surface area (Å²) in [7, 11) is 0. The number of carboxylic acids is 1. The summed E-state index contributed by atoms with van der Waals surface area (Å²) in [6.45, 7) is 2.85. The Labute approximate surface area is 141 Å². The fraction of sp³-hybridized carbons (Fsp3) is 0.650. The molecule has 0 saturated carbocycles. The van der Waals surface area contributed by atoms with Gasteiger partial charge in [-0.1, -0.05) is 83.3 Å². The summed E-state index contributed by atoms with van der Waals surface area (Å²) in [5, 5.41) is 9.08. The number of para-hydroxylation sites is 1. The van der Waals surface area contributed by atoms with Gasteiger partial charge in [0.25, 0.3) is 0 Å². The van der Waals surface area contributed by atoms with Gasteiger partial charge in [0.15, 0.2) is 0 Å². The Morgan fingerprint density at radius 3 is 1.96 bits per heavy atom. The second-order valence-corrected chi connectivity index (χ2v) is 6.19. The molecule has 0 aliphatic rings. The van der Waals surface area contributed by atoms with E-state index in [1.54, 1.807) is 18.2 Å². The summed E-state index contributed by atoms with van der Waals surface area (Å²) in [4.78, 5) is 11.1. The van der Waals surface area contributed by atoms with E-state index in [1.807, 2.05) is 6.07 Å². The van der Waals surface area contributed by atoms with E-state index in [4.69, 9.17) is 9.84 Å². The molecule has 1 rings (SSSR count). The third kappa shape index (κ3) is 9.27. The summed E-state index contributed by atoms with van der Waals surface area (Å²) >= 11 is 0. The molecule has 3 heteroatoms. The summed E-state index contributed by atoms with van der Waals surface area (Å²) in [6, 6.07) is 6.83. The summed E-state index contributed by atoms with van der Waals surface area (Å²) in [6.07, 6.45) is 14.3. The van der Waals surface area contributed by atoms with E-state index in [2.05, 4.69) is 6.92 Å². The van der Waals surface area contributed by atoms with Crippen LogP contribution < -0.4 is 4.74 Å². The van der Waals surface area contributed by atoms with Gasteiger partial charge < -0.3 is 9.84 Å². The van der Waals surface area contributed by atoms with Crippen molar-refractivity contribution in [3.8, 4) is 5.75 Å². The highest BCUT2D eigenvalue weighted by molar-refractivity contribution is 5.90. The van der Waals surface area contributed by atoms with Crippen molar-refractivity contribution < 1.29 is 14.6 Å². The van der Waals surface area contributed by atoms with E-state index in [0.29, 0.717) is 12.4 Å². The van der Waals surface area contributed by atoms with E-state index in [0.717, 1.165) is 12.8 Å². The Morgan fingerprint density at radius 1 is 0.870 bits per heavy atom. The predicted molar refractivity (Wildman–Crippen MR) is 95.4 cm³/mol. The van der Waals surface area contributed by atoms with Crippen molar-refractivity contribution in [2.24, 2.45) is 0 Å². The van der Waals surface area contributed by atoms with Crippen LogP contribution >= 0.6 is 0 Å². The smallest absolute Gasteiger partial charge is 0.339 e. The van der Waals surface area contributed by atoms with Gasteiger partial charge in [-0.2, -0.15) is 0 Å². The summed E-state index contributed by atoms with van der Waals surface area (Å²) < 4.78 is 5.60. The normalized spacial score (nSPS) is 10.7. The van der Waals surface area contributed by atoms with Gasteiger partial charge in [0.05, 0.1) is 6.61 Å². The molecule has 0 spiro atoms. The van der Waals surface area contributed by atoms with Gasteiger partial charge in [-0.3, -0.25) is 0 Å². The molecule has 0 radical (unpaired) electrons. The van der Waals surface area contributed by atoms with Crippen molar-refractivity contribution in [3.63, 3.8) is 0 Å². The van der Waals surface area contributed by atoms with Crippen molar-refractivity contribution in [2.75, 3.05) is 6.61 Å². The summed E-state index contributed by atoms with van der Waals surface area (Å²) in [5.41, 5.74) is 0.246. The van der Waals surface area contributed by atoms with E-state index in [9.17, 15) is 4.79 Å².